The fourth-order valence-electron chi connectivity index (χ4n) is 3.73. The molecule has 0 unspecified atom stereocenters. The molecule has 0 fully saturated rings. The zero-order valence-electron chi connectivity index (χ0n) is 17.4. The van der Waals surface area contributed by atoms with Crippen molar-refractivity contribution < 1.29 is 9.53 Å². The molecular weight excluding hydrogens is 348 g/mol. The predicted octanol–water partition coefficient (Wildman–Crippen LogP) is 5.09. The molecule has 150 valence electrons. The van der Waals surface area contributed by atoms with Gasteiger partial charge in [0.05, 0.1) is 6.04 Å². The van der Waals surface area contributed by atoms with Crippen molar-refractivity contribution in [3.63, 3.8) is 0 Å². The molecule has 28 heavy (non-hydrogen) atoms. The number of carbonyl (C=O) groups is 1. The smallest absolute Gasteiger partial charge is 0.225 e. The summed E-state index contributed by atoms with van der Waals surface area (Å²) in [4.78, 5) is 15.2. The molecular formula is C24H32N2O2. The first-order valence-electron chi connectivity index (χ1n) is 10.3. The second-order valence-electron chi connectivity index (χ2n) is 8.33. The summed E-state index contributed by atoms with van der Waals surface area (Å²) < 4.78 is 6.26. The Kier molecular flexibility index (Phi) is 6.61. The Morgan fingerprint density at radius 2 is 1.75 bits per heavy atom. The molecule has 2 aromatic rings. The summed E-state index contributed by atoms with van der Waals surface area (Å²) in [6.45, 7) is 10.1. The van der Waals surface area contributed by atoms with Crippen molar-refractivity contribution in [2.24, 2.45) is 11.8 Å². The van der Waals surface area contributed by atoms with E-state index < -0.39 is 0 Å². The molecule has 0 aromatic heterocycles. The van der Waals surface area contributed by atoms with Gasteiger partial charge in [-0.3, -0.25) is 4.79 Å². The fraction of sp³-hybridized carbons (Fsp3) is 0.458. The lowest BCUT2D eigenvalue weighted by Gasteiger charge is -2.34. The van der Waals surface area contributed by atoms with E-state index in [4.69, 9.17) is 4.74 Å². The number of rotatable bonds is 3. The Bertz CT molecular complexity index is 801. The lowest BCUT2D eigenvalue weighted by atomic mass is 10.00. The van der Waals surface area contributed by atoms with Gasteiger partial charge in [-0.2, -0.15) is 0 Å². The molecule has 0 saturated carbocycles. The van der Waals surface area contributed by atoms with Gasteiger partial charge < -0.3 is 15.0 Å². The number of hydrogen-bond acceptors (Lipinski definition) is 3. The number of para-hydroxylation sites is 2. The first-order valence-corrected chi connectivity index (χ1v) is 10.3. The highest BCUT2D eigenvalue weighted by atomic mass is 16.5. The van der Waals surface area contributed by atoms with Crippen molar-refractivity contribution in [1.29, 1.82) is 0 Å². The number of nitrogens with zero attached hydrogens (tertiary/aromatic N) is 1. The Morgan fingerprint density at radius 1 is 1.07 bits per heavy atom. The molecule has 0 spiro atoms. The lowest BCUT2D eigenvalue weighted by molar-refractivity contribution is -0.138. The third-order valence-electron chi connectivity index (χ3n) is 5.19. The van der Waals surface area contributed by atoms with Gasteiger partial charge in [0.25, 0.3) is 0 Å². The highest BCUT2D eigenvalue weighted by Gasteiger charge is 2.28. The molecule has 4 heteroatoms. The number of benzene rings is 2. The van der Waals surface area contributed by atoms with Crippen molar-refractivity contribution in [3.8, 4) is 5.75 Å². The molecule has 1 heterocycles. The van der Waals surface area contributed by atoms with E-state index in [2.05, 4.69) is 37.4 Å². The molecule has 0 saturated heterocycles. The van der Waals surface area contributed by atoms with Crippen molar-refractivity contribution in [2.45, 2.75) is 53.2 Å². The van der Waals surface area contributed by atoms with E-state index >= 15 is 0 Å². The predicted molar refractivity (Wildman–Crippen MR) is 114 cm³/mol. The van der Waals surface area contributed by atoms with Gasteiger partial charge in [-0.25, -0.2) is 0 Å². The van der Waals surface area contributed by atoms with Gasteiger partial charge in [0, 0.05) is 30.3 Å². The minimum Gasteiger partial charge on any atom is -0.491 e. The van der Waals surface area contributed by atoms with Crippen molar-refractivity contribution >= 4 is 11.6 Å². The lowest BCUT2D eigenvalue weighted by Crippen LogP contribution is -2.45. The number of carbonyl (C=O) groups excluding carboxylic acids is 1. The maximum atomic E-state index is 13.1. The third kappa shape index (κ3) is 4.86. The molecule has 4 nitrogen and oxygen atoms in total. The summed E-state index contributed by atoms with van der Waals surface area (Å²) in [5, 5.41) is 3.54. The molecule has 3 rings (SSSR count). The largest absolute Gasteiger partial charge is 0.491 e. The van der Waals surface area contributed by atoms with Gasteiger partial charge in [0.15, 0.2) is 0 Å². The molecule has 1 atom stereocenters. The average Bonchev–Trinajstić information content (AvgIpc) is 2.70. The van der Waals surface area contributed by atoms with Crippen molar-refractivity contribution in [3.05, 3.63) is 59.7 Å². The van der Waals surface area contributed by atoms with Gasteiger partial charge in [-0.15, -0.1) is 0 Å². The second-order valence-corrected chi connectivity index (χ2v) is 8.33. The quantitative estimate of drug-likeness (QED) is 0.806. The van der Waals surface area contributed by atoms with Crippen LogP contribution in [0.5, 0.6) is 5.75 Å². The van der Waals surface area contributed by atoms with Gasteiger partial charge in [0.2, 0.25) is 5.91 Å². The normalized spacial score (nSPS) is 17.2. The number of amides is 1. The van der Waals surface area contributed by atoms with Crippen LogP contribution in [-0.4, -0.2) is 23.5 Å². The Labute approximate surface area is 168 Å². The van der Waals surface area contributed by atoms with Crippen LogP contribution in [0.3, 0.4) is 0 Å². The third-order valence-corrected chi connectivity index (χ3v) is 5.19. The molecule has 0 bridgehead atoms. The van der Waals surface area contributed by atoms with Crippen LogP contribution >= 0.6 is 0 Å². The number of nitrogens with one attached hydrogen (secondary N) is 1. The van der Waals surface area contributed by atoms with Crippen molar-refractivity contribution in [1.82, 2.24) is 4.90 Å². The van der Waals surface area contributed by atoms with E-state index in [1.165, 1.54) is 0 Å². The van der Waals surface area contributed by atoms with Crippen LogP contribution in [0.15, 0.2) is 48.5 Å². The Morgan fingerprint density at radius 3 is 2.46 bits per heavy atom. The van der Waals surface area contributed by atoms with E-state index in [0.29, 0.717) is 25.6 Å². The minimum absolute atomic E-state index is 0.0362. The van der Waals surface area contributed by atoms with Crippen molar-refractivity contribution in [2.75, 3.05) is 11.9 Å². The number of anilines is 1. The fourth-order valence-corrected chi connectivity index (χ4v) is 3.73. The minimum atomic E-state index is -0.0489. The van der Waals surface area contributed by atoms with Crippen LogP contribution in [0.25, 0.3) is 0 Å². The van der Waals surface area contributed by atoms with Gasteiger partial charge in [-0.1, -0.05) is 64.1 Å². The molecule has 1 N–H and O–H groups in total. The summed E-state index contributed by atoms with van der Waals surface area (Å²) in [6, 6.07) is 16.5. The summed E-state index contributed by atoms with van der Waals surface area (Å²) >= 11 is 0. The van der Waals surface area contributed by atoms with Gasteiger partial charge in [0.1, 0.15) is 12.4 Å². The second kappa shape index (κ2) is 9.13. The number of hydrogen-bond donors (Lipinski definition) is 1. The van der Waals surface area contributed by atoms with Crippen LogP contribution in [0, 0.1) is 11.8 Å². The van der Waals surface area contributed by atoms with E-state index in [9.17, 15) is 4.79 Å². The summed E-state index contributed by atoms with van der Waals surface area (Å²) in [5.41, 5.74) is 3.35. The zero-order valence-corrected chi connectivity index (χ0v) is 17.4. The first kappa shape index (κ1) is 20.2. The monoisotopic (exact) mass is 380 g/mol. The van der Waals surface area contributed by atoms with E-state index in [0.717, 1.165) is 29.0 Å². The topological polar surface area (TPSA) is 41.6 Å². The van der Waals surface area contributed by atoms with Crippen LogP contribution in [0.2, 0.25) is 0 Å². The maximum Gasteiger partial charge on any atom is 0.225 e. The zero-order chi connectivity index (χ0) is 20.1. The molecule has 1 aliphatic rings. The van der Waals surface area contributed by atoms with E-state index in [-0.39, 0.29) is 17.9 Å². The molecule has 1 aliphatic heterocycles. The molecule has 1 amide bonds. The van der Waals surface area contributed by atoms with Crippen LogP contribution < -0.4 is 10.1 Å². The number of ether oxygens (including phenoxy) is 1. The highest BCUT2D eigenvalue weighted by molar-refractivity contribution is 5.78. The first-order chi connectivity index (χ1) is 13.5. The molecule has 2 aromatic carbocycles. The highest BCUT2D eigenvalue weighted by Crippen LogP contribution is 2.27. The standard InChI is InChI=1S/C24H32N2O2/c1-17(2)13-21-16-28-23-12-8-6-9-19(23)14-25-22-11-7-5-10-20(22)15-26(21)24(27)18(3)4/h5-12,17-18,21,25H,13-16H2,1-4H3/t21-/m0/s1. The van der Waals surface area contributed by atoms with Crippen LogP contribution in [-0.2, 0) is 17.9 Å². The molecule has 0 radical (unpaired) electrons. The summed E-state index contributed by atoms with van der Waals surface area (Å²) in [5.74, 6) is 1.49. The Hall–Kier alpha value is -2.49. The number of fused-ring (bicyclic) bond motifs is 2. The Balaban J connectivity index is 2.04. The summed E-state index contributed by atoms with van der Waals surface area (Å²) in [7, 11) is 0. The van der Waals surface area contributed by atoms with E-state index in [1.807, 2.05) is 49.1 Å². The van der Waals surface area contributed by atoms with Gasteiger partial charge >= 0.3 is 0 Å². The van der Waals surface area contributed by atoms with Crippen LogP contribution in [0.4, 0.5) is 5.69 Å². The van der Waals surface area contributed by atoms with Crippen LogP contribution in [0.1, 0.15) is 45.2 Å². The SMILES string of the molecule is CC(C)C[C@H]1COc2ccccc2CNc2ccccc2CN1C(=O)C(C)C. The van der Waals surface area contributed by atoms with Gasteiger partial charge in [-0.05, 0) is 30.0 Å². The average molecular weight is 381 g/mol. The summed E-state index contributed by atoms with van der Waals surface area (Å²) in [6.07, 6.45) is 0.913. The van der Waals surface area contributed by atoms with E-state index in [1.54, 1.807) is 0 Å². The molecule has 0 aliphatic carbocycles. The maximum absolute atomic E-state index is 13.1.